The zero-order valence-electron chi connectivity index (χ0n) is 4.96. The van der Waals surface area contributed by atoms with Crippen LogP contribution in [-0.2, 0) is 0 Å². The molecule has 0 saturated carbocycles. The number of aromatic nitrogens is 2. The lowest BCUT2D eigenvalue weighted by Gasteiger charge is -1.80. The molecule has 1 heterocycles. The van der Waals surface area contributed by atoms with Crippen LogP contribution in [0, 0.1) is 11.3 Å². The van der Waals surface area contributed by atoms with E-state index in [2.05, 4.69) is 10.2 Å². The van der Waals surface area contributed by atoms with Crippen LogP contribution < -0.4 is 5.73 Å². The minimum Gasteiger partial charge on any atom is -0.364 e. The van der Waals surface area contributed by atoms with E-state index in [9.17, 15) is 4.79 Å². The van der Waals surface area contributed by atoms with Crippen LogP contribution >= 0.6 is 0 Å². The first-order chi connectivity index (χ1) is 4.74. The van der Waals surface area contributed by atoms with Gasteiger partial charge in [-0.1, -0.05) is 0 Å². The lowest BCUT2D eigenvalue weighted by Crippen LogP contribution is -2.10. The number of aromatic amines is 1. The Morgan fingerprint density at radius 3 is 2.90 bits per heavy atom. The lowest BCUT2D eigenvalue weighted by molar-refractivity contribution is 0.0995. The molecule has 50 valence electrons. The molecule has 1 rings (SSSR count). The van der Waals surface area contributed by atoms with Crippen molar-refractivity contribution in [2.24, 2.45) is 5.73 Å². The van der Waals surface area contributed by atoms with Crippen molar-refractivity contribution in [1.29, 1.82) is 5.26 Å². The molecule has 0 aliphatic carbocycles. The van der Waals surface area contributed by atoms with Gasteiger partial charge >= 0.3 is 0 Å². The topological polar surface area (TPSA) is 95.6 Å². The van der Waals surface area contributed by atoms with Crippen LogP contribution in [-0.4, -0.2) is 16.1 Å². The molecule has 1 aromatic heterocycles. The SMILES string of the molecule is N#Cc1cc(C(N)=O)[nH]n1. The van der Waals surface area contributed by atoms with Gasteiger partial charge in [-0.05, 0) is 0 Å². The number of amides is 1. The van der Waals surface area contributed by atoms with Crippen molar-refractivity contribution >= 4 is 5.91 Å². The number of carbonyl (C=O) groups excluding carboxylic acids is 1. The van der Waals surface area contributed by atoms with E-state index in [4.69, 9.17) is 11.0 Å². The van der Waals surface area contributed by atoms with E-state index in [1.54, 1.807) is 6.07 Å². The van der Waals surface area contributed by atoms with Gasteiger partial charge in [0.2, 0.25) is 0 Å². The van der Waals surface area contributed by atoms with Gasteiger partial charge in [0.1, 0.15) is 11.8 Å². The molecule has 10 heavy (non-hydrogen) atoms. The van der Waals surface area contributed by atoms with E-state index in [1.165, 1.54) is 6.07 Å². The van der Waals surface area contributed by atoms with Crippen molar-refractivity contribution in [2.75, 3.05) is 0 Å². The summed E-state index contributed by atoms with van der Waals surface area (Å²) in [6.45, 7) is 0. The largest absolute Gasteiger partial charge is 0.364 e. The van der Waals surface area contributed by atoms with Crippen LogP contribution in [0.2, 0.25) is 0 Å². The number of nitrogens with two attached hydrogens (primary N) is 1. The smallest absolute Gasteiger partial charge is 0.266 e. The van der Waals surface area contributed by atoms with Crippen molar-refractivity contribution in [3.63, 3.8) is 0 Å². The summed E-state index contributed by atoms with van der Waals surface area (Å²) < 4.78 is 0. The maximum atomic E-state index is 10.4. The van der Waals surface area contributed by atoms with Gasteiger partial charge in [0.05, 0.1) is 0 Å². The summed E-state index contributed by atoms with van der Waals surface area (Å²) >= 11 is 0. The third-order valence-electron chi connectivity index (χ3n) is 0.958. The molecule has 0 bridgehead atoms. The maximum Gasteiger partial charge on any atom is 0.266 e. The highest BCUT2D eigenvalue weighted by atomic mass is 16.1. The van der Waals surface area contributed by atoms with Crippen LogP contribution in [0.3, 0.4) is 0 Å². The fourth-order valence-corrected chi connectivity index (χ4v) is 0.505. The summed E-state index contributed by atoms with van der Waals surface area (Å²) in [5, 5.41) is 14.0. The fraction of sp³-hybridized carbons (Fsp3) is 0. The Bertz CT molecular complexity index is 295. The second kappa shape index (κ2) is 2.19. The third-order valence-corrected chi connectivity index (χ3v) is 0.958. The van der Waals surface area contributed by atoms with Crippen molar-refractivity contribution in [3.8, 4) is 6.07 Å². The third kappa shape index (κ3) is 0.951. The van der Waals surface area contributed by atoms with Gasteiger partial charge in [-0.15, -0.1) is 0 Å². The fourth-order valence-electron chi connectivity index (χ4n) is 0.505. The standard InChI is InChI=1S/C5H4N4O/c6-2-3-1-4(5(7)10)9-8-3/h1H,(H2,7,10)(H,8,9). The number of hydrogen-bond acceptors (Lipinski definition) is 3. The highest BCUT2D eigenvalue weighted by Crippen LogP contribution is 1.94. The van der Waals surface area contributed by atoms with Crippen molar-refractivity contribution in [1.82, 2.24) is 10.2 Å². The number of nitrogens with one attached hydrogen (secondary N) is 1. The number of hydrogen-bond donors (Lipinski definition) is 2. The number of primary amides is 1. The quantitative estimate of drug-likeness (QED) is 0.538. The molecule has 0 atom stereocenters. The molecule has 5 heteroatoms. The zero-order chi connectivity index (χ0) is 7.56. The first-order valence-corrected chi connectivity index (χ1v) is 2.49. The van der Waals surface area contributed by atoms with E-state index in [0.29, 0.717) is 0 Å². The van der Waals surface area contributed by atoms with Crippen molar-refractivity contribution in [2.45, 2.75) is 0 Å². The van der Waals surface area contributed by atoms with Gasteiger partial charge < -0.3 is 5.73 Å². The molecule has 0 aromatic carbocycles. The number of nitriles is 1. The molecule has 1 amide bonds. The molecular weight excluding hydrogens is 132 g/mol. The Morgan fingerprint density at radius 1 is 1.90 bits per heavy atom. The summed E-state index contributed by atoms with van der Waals surface area (Å²) in [5.41, 5.74) is 5.17. The summed E-state index contributed by atoms with van der Waals surface area (Å²) in [6, 6.07) is 3.05. The Balaban J connectivity index is 3.02. The normalized spacial score (nSPS) is 8.70. The highest BCUT2D eigenvalue weighted by molar-refractivity contribution is 5.90. The number of H-pyrrole nitrogens is 1. The van der Waals surface area contributed by atoms with E-state index in [-0.39, 0.29) is 11.4 Å². The van der Waals surface area contributed by atoms with E-state index in [0.717, 1.165) is 0 Å². The summed E-state index contributed by atoms with van der Waals surface area (Å²) in [7, 11) is 0. The summed E-state index contributed by atoms with van der Waals surface area (Å²) in [5.74, 6) is -0.617. The lowest BCUT2D eigenvalue weighted by atomic mass is 10.4. The summed E-state index contributed by atoms with van der Waals surface area (Å²) in [4.78, 5) is 10.4. The van der Waals surface area contributed by atoms with Crippen molar-refractivity contribution in [3.05, 3.63) is 17.5 Å². The molecule has 0 aliphatic heterocycles. The number of carbonyl (C=O) groups is 1. The molecule has 5 nitrogen and oxygen atoms in total. The minimum absolute atomic E-state index is 0.150. The van der Waals surface area contributed by atoms with Crippen LogP contribution in [0.15, 0.2) is 6.07 Å². The van der Waals surface area contributed by atoms with Gasteiger partial charge in [0, 0.05) is 6.07 Å². The number of rotatable bonds is 1. The summed E-state index contributed by atoms with van der Waals surface area (Å²) in [6.07, 6.45) is 0. The van der Waals surface area contributed by atoms with Gasteiger partial charge in [0.25, 0.3) is 5.91 Å². The molecule has 0 spiro atoms. The minimum atomic E-state index is -0.617. The second-order valence-corrected chi connectivity index (χ2v) is 1.64. The van der Waals surface area contributed by atoms with Gasteiger partial charge in [0.15, 0.2) is 5.69 Å². The average Bonchev–Trinajstić information content (AvgIpc) is 2.34. The molecular formula is C5H4N4O. The first kappa shape index (κ1) is 6.29. The number of nitrogens with zero attached hydrogens (tertiary/aromatic N) is 2. The second-order valence-electron chi connectivity index (χ2n) is 1.64. The van der Waals surface area contributed by atoms with E-state index < -0.39 is 5.91 Å². The molecule has 0 unspecified atom stereocenters. The van der Waals surface area contributed by atoms with Gasteiger partial charge in [-0.2, -0.15) is 10.4 Å². The molecule has 0 aliphatic rings. The molecule has 0 radical (unpaired) electrons. The molecule has 0 saturated heterocycles. The van der Waals surface area contributed by atoms with Gasteiger partial charge in [-0.25, -0.2) is 0 Å². The monoisotopic (exact) mass is 136 g/mol. The molecule has 1 aromatic rings. The highest BCUT2D eigenvalue weighted by Gasteiger charge is 2.03. The average molecular weight is 136 g/mol. The van der Waals surface area contributed by atoms with Crippen LogP contribution in [0.5, 0.6) is 0 Å². The maximum absolute atomic E-state index is 10.4. The predicted octanol–water partition coefficient (Wildman–Crippen LogP) is -0.620. The Labute approximate surface area is 56.5 Å². The molecule has 0 fully saturated rings. The molecule has 3 N–H and O–H groups in total. The van der Waals surface area contributed by atoms with Crippen molar-refractivity contribution < 1.29 is 4.79 Å². The van der Waals surface area contributed by atoms with Crippen LogP contribution in [0.1, 0.15) is 16.2 Å². The van der Waals surface area contributed by atoms with Gasteiger partial charge in [-0.3, -0.25) is 9.89 Å². The zero-order valence-corrected chi connectivity index (χ0v) is 4.96. The Morgan fingerprint density at radius 2 is 2.60 bits per heavy atom. The first-order valence-electron chi connectivity index (χ1n) is 2.49. The van der Waals surface area contributed by atoms with Crippen LogP contribution in [0.25, 0.3) is 0 Å². The Kier molecular flexibility index (Phi) is 1.38. The predicted molar refractivity (Wildman–Crippen MR) is 31.8 cm³/mol. The van der Waals surface area contributed by atoms with E-state index in [1.807, 2.05) is 0 Å². The Hall–Kier alpha value is -1.83. The van der Waals surface area contributed by atoms with Crippen LogP contribution in [0.4, 0.5) is 0 Å². The van der Waals surface area contributed by atoms with E-state index >= 15 is 0 Å².